The Kier molecular flexibility index (Phi) is 7.60. The molecule has 0 aliphatic carbocycles. The molecule has 0 bridgehead atoms. The van der Waals surface area contributed by atoms with Gasteiger partial charge in [0.15, 0.2) is 6.10 Å². The number of ether oxygens (including phenoxy) is 2. The molecule has 1 saturated heterocycles. The number of aryl methyl sites for hydroxylation is 2. The number of esters is 1. The largest absolute Gasteiger partial charge is 0.464 e. The van der Waals surface area contributed by atoms with Crippen LogP contribution in [-0.2, 0) is 14.3 Å². The van der Waals surface area contributed by atoms with Crippen LogP contribution >= 0.6 is 22.9 Å². The van der Waals surface area contributed by atoms with E-state index in [0.29, 0.717) is 11.1 Å². The number of fused-ring (bicyclic) bond motifs is 2. The first-order chi connectivity index (χ1) is 20.0. The van der Waals surface area contributed by atoms with Crippen LogP contribution in [0.15, 0.2) is 48.5 Å². The summed E-state index contributed by atoms with van der Waals surface area (Å²) in [6, 6.07) is 16.5. The van der Waals surface area contributed by atoms with E-state index in [1.807, 2.05) is 58.9 Å². The zero-order valence-corrected chi connectivity index (χ0v) is 26.3. The van der Waals surface area contributed by atoms with E-state index in [0.717, 1.165) is 73.0 Å². The lowest BCUT2D eigenvalue weighted by Crippen LogP contribution is -2.43. The fourth-order valence-corrected chi connectivity index (χ4v) is 6.88. The Hall–Kier alpha value is -3.30. The van der Waals surface area contributed by atoms with Crippen molar-refractivity contribution >= 4 is 50.2 Å². The Morgan fingerprint density at radius 2 is 1.79 bits per heavy atom. The van der Waals surface area contributed by atoms with Crippen molar-refractivity contribution in [2.45, 2.75) is 59.3 Å². The highest BCUT2D eigenvalue weighted by Gasteiger charge is 2.33. The number of carbonyl (C=O) groups is 1. The van der Waals surface area contributed by atoms with Crippen LogP contribution in [0.25, 0.3) is 42.9 Å². The summed E-state index contributed by atoms with van der Waals surface area (Å²) in [7, 11) is 0. The van der Waals surface area contributed by atoms with Crippen molar-refractivity contribution in [2.24, 2.45) is 0 Å². The molecule has 3 aromatic carbocycles. The van der Waals surface area contributed by atoms with Crippen LogP contribution in [0.4, 0.5) is 0 Å². The minimum Gasteiger partial charge on any atom is -0.464 e. The first kappa shape index (κ1) is 28.8. The van der Waals surface area contributed by atoms with Gasteiger partial charge in [-0.1, -0.05) is 23.7 Å². The van der Waals surface area contributed by atoms with Gasteiger partial charge in [-0.15, -0.1) is 11.3 Å². The van der Waals surface area contributed by atoms with Gasteiger partial charge in [0.05, 0.1) is 39.5 Å². The van der Waals surface area contributed by atoms with E-state index in [4.69, 9.17) is 31.0 Å². The van der Waals surface area contributed by atoms with E-state index in [-0.39, 0.29) is 6.61 Å². The van der Waals surface area contributed by atoms with Gasteiger partial charge in [0, 0.05) is 34.8 Å². The van der Waals surface area contributed by atoms with Gasteiger partial charge in [-0.25, -0.2) is 14.8 Å². The Morgan fingerprint density at radius 1 is 1.07 bits per heavy atom. The quantitative estimate of drug-likeness (QED) is 0.191. The van der Waals surface area contributed by atoms with E-state index in [2.05, 4.69) is 41.1 Å². The molecular formula is C33H35ClN4O3S. The van der Waals surface area contributed by atoms with Gasteiger partial charge >= 0.3 is 5.97 Å². The van der Waals surface area contributed by atoms with Crippen molar-refractivity contribution < 1.29 is 14.3 Å². The van der Waals surface area contributed by atoms with Gasteiger partial charge < -0.3 is 19.4 Å². The minimum atomic E-state index is -0.907. The van der Waals surface area contributed by atoms with Gasteiger partial charge in [-0.3, -0.25) is 0 Å². The molecule has 0 spiro atoms. The van der Waals surface area contributed by atoms with Crippen molar-refractivity contribution in [2.75, 3.05) is 19.7 Å². The normalized spacial score (nSPS) is 14.8. The molecule has 1 aliphatic heterocycles. The molecule has 1 fully saturated rings. The Bertz CT molecular complexity index is 1800. The third-order valence-corrected chi connectivity index (χ3v) is 8.92. The molecule has 1 N–H and O–H groups in total. The highest BCUT2D eigenvalue weighted by molar-refractivity contribution is 7.22. The number of halogens is 1. The molecule has 2 aromatic heterocycles. The van der Waals surface area contributed by atoms with E-state index in [9.17, 15) is 4.79 Å². The second kappa shape index (κ2) is 11.1. The maximum Gasteiger partial charge on any atom is 0.339 e. The molecule has 0 saturated carbocycles. The van der Waals surface area contributed by atoms with Gasteiger partial charge in [-0.2, -0.15) is 0 Å². The average molecular weight is 603 g/mol. The molecule has 7 nitrogen and oxygen atoms in total. The first-order valence-electron chi connectivity index (χ1n) is 14.3. The van der Waals surface area contributed by atoms with Crippen molar-refractivity contribution in [3.8, 4) is 21.7 Å². The number of thiazole rings is 1. The number of benzene rings is 3. The number of hydrogen-bond donors (Lipinski definition) is 1. The number of rotatable bonds is 7. The molecule has 9 heteroatoms. The first-order valence-corrected chi connectivity index (χ1v) is 15.5. The van der Waals surface area contributed by atoms with Gasteiger partial charge in [0.2, 0.25) is 0 Å². The summed E-state index contributed by atoms with van der Waals surface area (Å²) in [6.45, 7) is 13.9. The summed E-state index contributed by atoms with van der Waals surface area (Å²) < 4.78 is 15.3. The number of hydrogen-bond acceptors (Lipinski definition) is 7. The summed E-state index contributed by atoms with van der Waals surface area (Å²) in [5, 5.41) is 4.92. The SMILES string of the molecule is CCOC(=O)C(OC(C)(C)C)c1c(C)cc2nc(-c3ccc4nc(C)n(C5CNC5)c4c3)sc2c1-c1ccc(Cl)cc1. The highest BCUT2D eigenvalue weighted by Crippen LogP contribution is 2.45. The monoisotopic (exact) mass is 602 g/mol. The molecule has 1 unspecified atom stereocenters. The van der Waals surface area contributed by atoms with Gasteiger partial charge in [0.25, 0.3) is 0 Å². The van der Waals surface area contributed by atoms with Crippen molar-refractivity contribution in [1.82, 2.24) is 19.9 Å². The summed E-state index contributed by atoms with van der Waals surface area (Å²) in [5.41, 5.74) is 6.97. The number of carbonyl (C=O) groups excluding carboxylic acids is 1. The van der Waals surface area contributed by atoms with Crippen molar-refractivity contribution in [3.05, 3.63) is 70.5 Å². The molecule has 6 rings (SSSR count). The van der Waals surface area contributed by atoms with Crippen LogP contribution in [0.1, 0.15) is 56.8 Å². The maximum absolute atomic E-state index is 13.4. The number of aromatic nitrogens is 3. The molecule has 218 valence electrons. The summed E-state index contributed by atoms with van der Waals surface area (Å²) in [5.74, 6) is 0.612. The van der Waals surface area contributed by atoms with Crippen LogP contribution in [0, 0.1) is 13.8 Å². The maximum atomic E-state index is 13.4. The van der Waals surface area contributed by atoms with Crippen LogP contribution in [-0.4, -0.2) is 45.8 Å². The number of imidazole rings is 1. The predicted octanol–water partition coefficient (Wildman–Crippen LogP) is 7.81. The van der Waals surface area contributed by atoms with E-state index in [1.165, 1.54) is 0 Å². The second-order valence-electron chi connectivity index (χ2n) is 11.8. The minimum absolute atomic E-state index is 0.264. The summed E-state index contributed by atoms with van der Waals surface area (Å²) in [4.78, 5) is 23.4. The van der Waals surface area contributed by atoms with Gasteiger partial charge in [0.1, 0.15) is 10.8 Å². The third-order valence-electron chi connectivity index (χ3n) is 7.53. The van der Waals surface area contributed by atoms with Crippen molar-refractivity contribution in [3.63, 3.8) is 0 Å². The van der Waals surface area contributed by atoms with Crippen LogP contribution in [0.2, 0.25) is 5.02 Å². The second-order valence-corrected chi connectivity index (χ2v) is 13.2. The predicted molar refractivity (Wildman–Crippen MR) is 170 cm³/mol. The fourth-order valence-electron chi connectivity index (χ4n) is 5.64. The van der Waals surface area contributed by atoms with Crippen LogP contribution in [0.3, 0.4) is 0 Å². The van der Waals surface area contributed by atoms with E-state index in [1.54, 1.807) is 11.3 Å². The molecule has 42 heavy (non-hydrogen) atoms. The molecule has 5 aromatic rings. The van der Waals surface area contributed by atoms with Crippen LogP contribution < -0.4 is 5.32 Å². The fraction of sp³-hybridized carbons (Fsp3) is 0.364. The highest BCUT2D eigenvalue weighted by atomic mass is 35.5. The van der Waals surface area contributed by atoms with E-state index < -0.39 is 17.7 Å². The molecule has 1 atom stereocenters. The summed E-state index contributed by atoms with van der Waals surface area (Å²) in [6.07, 6.45) is -0.907. The van der Waals surface area contributed by atoms with E-state index >= 15 is 0 Å². The van der Waals surface area contributed by atoms with Crippen LogP contribution in [0.5, 0.6) is 0 Å². The lowest BCUT2D eigenvalue weighted by atomic mass is 9.91. The topological polar surface area (TPSA) is 78.3 Å². The lowest BCUT2D eigenvalue weighted by molar-refractivity contribution is -0.166. The number of nitrogens with one attached hydrogen (secondary N) is 1. The number of nitrogens with zero attached hydrogens (tertiary/aromatic N) is 3. The molecular weight excluding hydrogens is 568 g/mol. The Morgan fingerprint density at radius 3 is 2.43 bits per heavy atom. The Balaban J connectivity index is 1.57. The smallest absolute Gasteiger partial charge is 0.339 e. The standard InChI is InChI=1S/C33H35ClN4O3S/c1-7-40-32(39)29(41-33(4,5)6)27-18(2)14-25-30(28(27)20-8-11-22(34)12-9-20)42-31(37-25)21-10-13-24-26(15-21)38(19(3)36-24)23-16-35-17-23/h8-15,23,29,35H,7,16-17H2,1-6H3. The molecule has 1 aliphatic rings. The van der Waals surface area contributed by atoms with Gasteiger partial charge in [-0.05, 0) is 89.1 Å². The molecule has 0 amide bonds. The molecule has 3 heterocycles. The zero-order chi connectivity index (χ0) is 29.8. The average Bonchev–Trinajstić information content (AvgIpc) is 3.46. The lowest BCUT2D eigenvalue weighted by Gasteiger charge is -2.30. The third kappa shape index (κ3) is 5.33. The Labute approximate surface area is 254 Å². The molecule has 0 radical (unpaired) electrons. The summed E-state index contributed by atoms with van der Waals surface area (Å²) >= 11 is 7.91. The van der Waals surface area contributed by atoms with Crippen molar-refractivity contribution in [1.29, 1.82) is 0 Å². The zero-order valence-electron chi connectivity index (χ0n) is 24.7.